The van der Waals surface area contributed by atoms with Crippen LogP contribution in [0, 0.1) is 5.82 Å². The molecule has 1 aromatic carbocycles. The first kappa shape index (κ1) is 16.8. The molecule has 1 fully saturated rings. The van der Waals surface area contributed by atoms with Crippen molar-refractivity contribution in [1.82, 2.24) is 0 Å². The first-order valence-electron chi connectivity index (χ1n) is 7.24. The van der Waals surface area contributed by atoms with Crippen LogP contribution in [-0.2, 0) is 19.1 Å². The molecule has 0 unspecified atom stereocenters. The van der Waals surface area contributed by atoms with Crippen LogP contribution in [0.3, 0.4) is 0 Å². The summed E-state index contributed by atoms with van der Waals surface area (Å²) in [6.07, 6.45) is 3.09. The van der Waals surface area contributed by atoms with Crippen LogP contribution in [0.1, 0.15) is 12.8 Å². The lowest BCUT2D eigenvalue weighted by atomic mass is 10.2. The molecule has 0 aromatic heterocycles. The van der Waals surface area contributed by atoms with E-state index in [9.17, 15) is 14.0 Å². The standard InChI is InChI=1S/C16H19FN2O4/c1-22-15(20)10-13(16(21)23-2)18-12-9-11(17)5-6-14(12)19-7-3-4-8-19/h5-6,9-10,18H,3-4,7-8H2,1-2H3/b13-10+. The smallest absolute Gasteiger partial charge is 0.354 e. The average molecular weight is 322 g/mol. The molecule has 23 heavy (non-hydrogen) atoms. The summed E-state index contributed by atoms with van der Waals surface area (Å²) in [5, 5.41) is 2.79. The summed E-state index contributed by atoms with van der Waals surface area (Å²) in [5.41, 5.74) is 1.04. The summed E-state index contributed by atoms with van der Waals surface area (Å²) in [6.45, 7) is 1.71. The molecule has 2 rings (SSSR count). The maximum atomic E-state index is 13.6. The number of ether oxygens (including phenoxy) is 2. The molecule has 1 aliphatic rings. The number of carbonyl (C=O) groups is 2. The van der Waals surface area contributed by atoms with Gasteiger partial charge in [-0.25, -0.2) is 14.0 Å². The van der Waals surface area contributed by atoms with Crippen molar-refractivity contribution in [2.45, 2.75) is 12.8 Å². The summed E-state index contributed by atoms with van der Waals surface area (Å²) in [6, 6.07) is 4.29. The van der Waals surface area contributed by atoms with Gasteiger partial charge in [-0.05, 0) is 31.0 Å². The molecule has 6 nitrogen and oxygen atoms in total. The van der Waals surface area contributed by atoms with Crippen molar-refractivity contribution in [3.8, 4) is 0 Å². The van der Waals surface area contributed by atoms with E-state index in [1.165, 1.54) is 26.4 Å². The van der Waals surface area contributed by atoms with Gasteiger partial charge in [0.2, 0.25) is 0 Å². The van der Waals surface area contributed by atoms with E-state index >= 15 is 0 Å². The van der Waals surface area contributed by atoms with Gasteiger partial charge in [0.15, 0.2) is 0 Å². The predicted octanol–water partition coefficient (Wildman–Crippen LogP) is 2.07. The molecule has 1 aliphatic heterocycles. The van der Waals surface area contributed by atoms with Crippen LogP contribution in [0.2, 0.25) is 0 Å². The number of nitrogens with zero attached hydrogens (tertiary/aromatic N) is 1. The average Bonchev–Trinajstić information content (AvgIpc) is 3.07. The zero-order valence-electron chi connectivity index (χ0n) is 13.1. The third-order valence-electron chi connectivity index (χ3n) is 3.54. The van der Waals surface area contributed by atoms with Gasteiger partial charge in [-0.2, -0.15) is 0 Å². The lowest BCUT2D eigenvalue weighted by Gasteiger charge is -2.22. The van der Waals surface area contributed by atoms with Gasteiger partial charge >= 0.3 is 11.9 Å². The number of rotatable bonds is 5. The molecule has 0 spiro atoms. The first-order valence-corrected chi connectivity index (χ1v) is 7.24. The van der Waals surface area contributed by atoms with E-state index in [2.05, 4.69) is 19.7 Å². The van der Waals surface area contributed by atoms with Crippen LogP contribution in [0.25, 0.3) is 0 Å². The van der Waals surface area contributed by atoms with Gasteiger partial charge in [0, 0.05) is 13.1 Å². The van der Waals surface area contributed by atoms with Gasteiger partial charge in [-0.3, -0.25) is 0 Å². The normalized spacial score (nSPS) is 14.6. The van der Waals surface area contributed by atoms with Gasteiger partial charge in [-0.1, -0.05) is 0 Å². The number of halogens is 1. The molecule has 1 saturated heterocycles. The number of esters is 2. The number of hydrogen-bond acceptors (Lipinski definition) is 6. The van der Waals surface area contributed by atoms with E-state index in [1.54, 1.807) is 6.07 Å². The minimum Gasteiger partial charge on any atom is -0.466 e. The predicted molar refractivity (Wildman–Crippen MR) is 83.6 cm³/mol. The van der Waals surface area contributed by atoms with Crippen LogP contribution in [-0.4, -0.2) is 39.2 Å². The van der Waals surface area contributed by atoms with E-state index < -0.39 is 17.8 Å². The largest absolute Gasteiger partial charge is 0.466 e. The molecule has 0 bridgehead atoms. The maximum absolute atomic E-state index is 13.6. The second-order valence-electron chi connectivity index (χ2n) is 5.05. The van der Waals surface area contributed by atoms with Crippen LogP contribution < -0.4 is 10.2 Å². The van der Waals surface area contributed by atoms with Crippen molar-refractivity contribution >= 4 is 23.3 Å². The van der Waals surface area contributed by atoms with Gasteiger partial charge in [-0.15, -0.1) is 0 Å². The fourth-order valence-electron chi connectivity index (χ4n) is 2.42. The highest BCUT2D eigenvalue weighted by atomic mass is 19.1. The van der Waals surface area contributed by atoms with E-state index in [-0.39, 0.29) is 5.70 Å². The van der Waals surface area contributed by atoms with E-state index in [4.69, 9.17) is 0 Å². The Morgan fingerprint density at radius 3 is 2.52 bits per heavy atom. The molecule has 0 radical (unpaired) electrons. The molecule has 1 aromatic rings. The molecule has 0 atom stereocenters. The van der Waals surface area contributed by atoms with E-state index in [0.29, 0.717) is 5.69 Å². The molecular formula is C16H19FN2O4. The lowest BCUT2D eigenvalue weighted by molar-refractivity contribution is -0.138. The Morgan fingerprint density at radius 2 is 1.91 bits per heavy atom. The Balaban J connectivity index is 2.35. The summed E-state index contributed by atoms with van der Waals surface area (Å²) < 4.78 is 22.8. The fraction of sp³-hybridized carbons (Fsp3) is 0.375. The Bertz CT molecular complexity index is 625. The van der Waals surface area contributed by atoms with Gasteiger partial charge in [0.25, 0.3) is 0 Å². The Morgan fingerprint density at radius 1 is 1.22 bits per heavy atom. The summed E-state index contributed by atoms with van der Waals surface area (Å²) >= 11 is 0. The highest BCUT2D eigenvalue weighted by molar-refractivity contribution is 5.99. The highest BCUT2D eigenvalue weighted by Crippen LogP contribution is 2.30. The fourth-order valence-corrected chi connectivity index (χ4v) is 2.42. The quantitative estimate of drug-likeness (QED) is 0.661. The number of nitrogens with one attached hydrogen (secondary N) is 1. The second kappa shape index (κ2) is 7.62. The maximum Gasteiger partial charge on any atom is 0.354 e. The molecule has 1 heterocycles. The van der Waals surface area contributed by atoms with Crippen molar-refractivity contribution in [2.24, 2.45) is 0 Å². The minimum atomic E-state index is -0.743. The topological polar surface area (TPSA) is 67.9 Å². The second-order valence-corrected chi connectivity index (χ2v) is 5.05. The summed E-state index contributed by atoms with van der Waals surface area (Å²) in [7, 11) is 2.40. The van der Waals surface area contributed by atoms with Crippen LogP contribution in [0.15, 0.2) is 30.0 Å². The summed E-state index contributed by atoms with van der Waals surface area (Å²) in [5.74, 6) is -1.90. The molecule has 1 N–H and O–H groups in total. The Labute approximate surface area is 133 Å². The van der Waals surface area contributed by atoms with E-state index in [1.807, 2.05) is 0 Å². The Kier molecular flexibility index (Phi) is 5.56. The van der Waals surface area contributed by atoms with Crippen LogP contribution >= 0.6 is 0 Å². The third kappa shape index (κ3) is 4.21. The molecular weight excluding hydrogens is 303 g/mol. The minimum absolute atomic E-state index is 0.120. The van der Waals surface area contributed by atoms with Crippen molar-refractivity contribution in [2.75, 3.05) is 37.5 Å². The van der Waals surface area contributed by atoms with Crippen molar-refractivity contribution < 1.29 is 23.5 Å². The third-order valence-corrected chi connectivity index (χ3v) is 3.54. The van der Waals surface area contributed by atoms with Crippen LogP contribution in [0.5, 0.6) is 0 Å². The number of benzene rings is 1. The Hall–Kier alpha value is -2.57. The van der Waals surface area contributed by atoms with Gasteiger partial charge in [0.05, 0.1) is 31.7 Å². The summed E-state index contributed by atoms with van der Waals surface area (Å²) in [4.78, 5) is 25.3. The number of methoxy groups -OCH3 is 2. The SMILES string of the molecule is COC(=O)/C=C(/Nc1cc(F)ccc1N1CCCC1)C(=O)OC. The zero-order valence-corrected chi connectivity index (χ0v) is 13.1. The van der Waals surface area contributed by atoms with Gasteiger partial charge < -0.3 is 19.7 Å². The van der Waals surface area contributed by atoms with Crippen molar-refractivity contribution in [1.29, 1.82) is 0 Å². The molecule has 0 saturated carbocycles. The molecule has 124 valence electrons. The highest BCUT2D eigenvalue weighted by Gasteiger charge is 2.19. The molecule has 0 amide bonds. The first-order chi connectivity index (χ1) is 11.0. The number of hydrogen-bond donors (Lipinski definition) is 1. The monoisotopic (exact) mass is 322 g/mol. The zero-order chi connectivity index (χ0) is 16.8. The molecule has 0 aliphatic carbocycles. The lowest BCUT2D eigenvalue weighted by Crippen LogP contribution is -2.21. The number of carbonyl (C=O) groups excluding carboxylic acids is 2. The van der Waals surface area contributed by atoms with Crippen LogP contribution in [0.4, 0.5) is 15.8 Å². The van der Waals surface area contributed by atoms with Crippen molar-refractivity contribution in [3.05, 3.63) is 35.8 Å². The van der Waals surface area contributed by atoms with E-state index in [0.717, 1.165) is 37.7 Å². The number of anilines is 2. The molecule has 7 heteroatoms. The van der Waals surface area contributed by atoms with Crippen molar-refractivity contribution in [3.63, 3.8) is 0 Å². The van der Waals surface area contributed by atoms with Gasteiger partial charge in [0.1, 0.15) is 11.5 Å².